The van der Waals surface area contributed by atoms with Gasteiger partial charge in [-0.05, 0) is 33.9 Å². The van der Waals surface area contributed by atoms with Crippen molar-refractivity contribution in [3.8, 4) is 5.75 Å². The Kier molecular flexibility index (Phi) is 5.17. The zero-order valence-electron chi connectivity index (χ0n) is 17.2. The Morgan fingerprint density at radius 1 is 0.933 bits per heavy atom. The molecule has 0 atom stereocenters. The predicted octanol–water partition coefficient (Wildman–Crippen LogP) is 6.06. The third-order valence-electron chi connectivity index (χ3n) is 5.52. The van der Waals surface area contributed by atoms with Crippen LogP contribution in [0.4, 0.5) is 5.69 Å². The number of hydrogen-bond acceptors (Lipinski definition) is 4. The van der Waals surface area contributed by atoms with Crippen LogP contribution in [-0.4, -0.2) is 21.7 Å². The third-order valence-corrected chi connectivity index (χ3v) is 5.52. The number of para-hydroxylation sites is 2. The first-order valence-electron chi connectivity index (χ1n) is 10.1. The average molecular weight is 399 g/mol. The Balaban J connectivity index is 1.87. The fourth-order valence-electron chi connectivity index (χ4n) is 4.13. The number of hydrogen-bond donors (Lipinski definition) is 2. The van der Waals surface area contributed by atoms with Crippen LogP contribution in [0.3, 0.4) is 0 Å². The summed E-state index contributed by atoms with van der Waals surface area (Å²) in [7, 11) is 0. The second-order valence-electron chi connectivity index (χ2n) is 8.62. The summed E-state index contributed by atoms with van der Waals surface area (Å²) in [4.78, 5) is 17.7. The molecule has 0 amide bonds. The molecule has 0 radical (unpaired) electrons. The molecule has 0 saturated carbocycles. The summed E-state index contributed by atoms with van der Waals surface area (Å²) in [6.07, 6.45) is 1.15. The van der Waals surface area contributed by atoms with E-state index in [1.165, 1.54) is 0 Å². The van der Waals surface area contributed by atoms with Gasteiger partial charge in [-0.1, -0.05) is 68.4 Å². The molecule has 152 valence electrons. The summed E-state index contributed by atoms with van der Waals surface area (Å²) >= 11 is 0. The van der Waals surface area contributed by atoms with E-state index < -0.39 is 0 Å². The average Bonchev–Trinajstić information content (AvgIpc) is 2.68. The van der Waals surface area contributed by atoms with Crippen molar-refractivity contribution in [3.05, 3.63) is 83.6 Å². The van der Waals surface area contributed by atoms with E-state index in [1.54, 1.807) is 24.3 Å². The lowest BCUT2D eigenvalue weighted by atomic mass is 9.75. The van der Waals surface area contributed by atoms with Crippen LogP contribution >= 0.6 is 0 Å². The summed E-state index contributed by atoms with van der Waals surface area (Å²) in [5.41, 5.74) is 1.87. The zero-order valence-corrected chi connectivity index (χ0v) is 17.2. The van der Waals surface area contributed by atoms with Crippen molar-refractivity contribution in [2.45, 2.75) is 33.1 Å². The molecule has 2 N–H and O–H groups in total. The number of phenols is 1. The lowest BCUT2D eigenvalue weighted by Crippen LogP contribution is -2.30. The van der Waals surface area contributed by atoms with Crippen LogP contribution < -0.4 is 0 Å². The molecule has 1 aliphatic rings. The molecule has 3 aromatic carbocycles. The summed E-state index contributed by atoms with van der Waals surface area (Å²) in [5, 5.41) is 23.2. The van der Waals surface area contributed by atoms with E-state index in [1.807, 2.05) is 56.3 Å². The molecule has 4 nitrogen and oxygen atoms in total. The standard InChI is InChI=1S/C26H25NO3/c1-26(2)15-23(29)25(24(30)16-26)21(27-20-12-5-6-13-22(20)28)14-18-10-7-9-17-8-3-4-11-19(17)18/h3-13,28-29H,14-16H2,1-2H3. The molecule has 0 bridgehead atoms. The number of rotatable bonds is 4. The fourth-order valence-corrected chi connectivity index (χ4v) is 4.13. The number of aromatic hydroxyl groups is 1. The van der Waals surface area contributed by atoms with Gasteiger partial charge < -0.3 is 10.2 Å². The van der Waals surface area contributed by atoms with E-state index in [0.29, 0.717) is 30.7 Å². The molecule has 4 heteroatoms. The minimum atomic E-state index is -0.288. The Hall–Kier alpha value is -3.40. The zero-order chi connectivity index (χ0) is 21.3. The molecule has 30 heavy (non-hydrogen) atoms. The number of aliphatic hydroxyl groups is 1. The summed E-state index contributed by atoms with van der Waals surface area (Å²) in [6.45, 7) is 3.95. The molecule has 0 aromatic heterocycles. The Morgan fingerprint density at radius 2 is 1.63 bits per heavy atom. The van der Waals surface area contributed by atoms with Gasteiger partial charge in [0.25, 0.3) is 0 Å². The highest BCUT2D eigenvalue weighted by atomic mass is 16.3. The molecule has 1 aliphatic carbocycles. The highest BCUT2D eigenvalue weighted by molar-refractivity contribution is 6.24. The number of fused-ring (bicyclic) bond motifs is 1. The van der Waals surface area contributed by atoms with Crippen LogP contribution in [0.1, 0.15) is 32.3 Å². The Morgan fingerprint density at radius 3 is 2.40 bits per heavy atom. The number of aliphatic hydroxyl groups excluding tert-OH is 1. The lowest BCUT2D eigenvalue weighted by molar-refractivity contribution is -0.117. The number of aliphatic imine (C=N–C) groups is 1. The number of benzene rings is 3. The Bertz CT molecular complexity index is 1180. The lowest BCUT2D eigenvalue weighted by Gasteiger charge is -2.30. The van der Waals surface area contributed by atoms with Crippen molar-refractivity contribution in [2.75, 3.05) is 0 Å². The van der Waals surface area contributed by atoms with Crippen molar-refractivity contribution in [2.24, 2.45) is 10.4 Å². The molecule has 0 heterocycles. The second-order valence-corrected chi connectivity index (χ2v) is 8.62. The molecule has 4 rings (SSSR count). The molecule has 0 aliphatic heterocycles. The molecule has 0 spiro atoms. The van der Waals surface area contributed by atoms with Crippen molar-refractivity contribution >= 4 is 28.0 Å². The third kappa shape index (κ3) is 3.99. The van der Waals surface area contributed by atoms with Crippen LogP contribution in [0.25, 0.3) is 10.8 Å². The monoisotopic (exact) mass is 399 g/mol. The van der Waals surface area contributed by atoms with Gasteiger partial charge >= 0.3 is 0 Å². The van der Waals surface area contributed by atoms with E-state index in [4.69, 9.17) is 0 Å². The van der Waals surface area contributed by atoms with Crippen molar-refractivity contribution in [3.63, 3.8) is 0 Å². The van der Waals surface area contributed by atoms with Crippen LogP contribution in [-0.2, 0) is 11.2 Å². The summed E-state index contributed by atoms with van der Waals surface area (Å²) < 4.78 is 0. The van der Waals surface area contributed by atoms with E-state index in [-0.39, 0.29) is 28.3 Å². The number of ketones is 1. The largest absolute Gasteiger partial charge is 0.511 e. The minimum absolute atomic E-state index is 0.0385. The van der Waals surface area contributed by atoms with E-state index >= 15 is 0 Å². The minimum Gasteiger partial charge on any atom is -0.511 e. The van der Waals surface area contributed by atoms with Crippen LogP contribution in [0, 0.1) is 5.41 Å². The highest BCUT2D eigenvalue weighted by Crippen LogP contribution is 2.38. The maximum absolute atomic E-state index is 13.0. The van der Waals surface area contributed by atoms with Gasteiger partial charge in [-0.25, -0.2) is 4.99 Å². The van der Waals surface area contributed by atoms with Crippen molar-refractivity contribution in [1.29, 1.82) is 0 Å². The maximum atomic E-state index is 13.0. The fraction of sp³-hybridized carbons (Fsp3) is 0.231. The first-order valence-corrected chi connectivity index (χ1v) is 10.1. The number of Topliss-reactive ketones (excluding diaryl/α,β-unsaturated/α-hetero) is 1. The van der Waals surface area contributed by atoms with Gasteiger partial charge in [0.1, 0.15) is 17.2 Å². The molecular formula is C26H25NO3. The van der Waals surface area contributed by atoms with Crippen LogP contribution in [0.5, 0.6) is 5.75 Å². The first-order chi connectivity index (χ1) is 14.3. The predicted molar refractivity (Wildman–Crippen MR) is 121 cm³/mol. The quantitative estimate of drug-likeness (QED) is 0.524. The van der Waals surface area contributed by atoms with Crippen LogP contribution in [0.2, 0.25) is 0 Å². The van der Waals surface area contributed by atoms with E-state index in [0.717, 1.165) is 16.3 Å². The maximum Gasteiger partial charge on any atom is 0.168 e. The molecule has 3 aromatic rings. The van der Waals surface area contributed by atoms with Gasteiger partial charge in [0.15, 0.2) is 5.78 Å². The summed E-state index contributed by atoms with van der Waals surface area (Å²) in [5.74, 6) is 0.000382. The second kappa shape index (κ2) is 7.79. The number of allylic oxidation sites excluding steroid dienone is 2. The summed E-state index contributed by atoms with van der Waals surface area (Å²) in [6, 6.07) is 20.9. The van der Waals surface area contributed by atoms with Gasteiger partial charge in [-0.15, -0.1) is 0 Å². The van der Waals surface area contributed by atoms with Gasteiger partial charge in [-0.2, -0.15) is 0 Å². The van der Waals surface area contributed by atoms with Crippen molar-refractivity contribution in [1.82, 2.24) is 0 Å². The smallest absolute Gasteiger partial charge is 0.168 e. The molecule has 0 saturated heterocycles. The number of nitrogens with zero attached hydrogens (tertiary/aromatic N) is 1. The van der Waals surface area contributed by atoms with Gasteiger partial charge in [0.2, 0.25) is 0 Å². The normalized spacial score (nSPS) is 16.9. The van der Waals surface area contributed by atoms with E-state index in [2.05, 4.69) is 4.99 Å². The van der Waals surface area contributed by atoms with Crippen molar-refractivity contribution < 1.29 is 15.0 Å². The number of phenolic OH excluding ortho intramolecular Hbond substituents is 1. The van der Waals surface area contributed by atoms with Gasteiger partial charge in [0, 0.05) is 19.3 Å². The molecule has 0 fully saturated rings. The highest BCUT2D eigenvalue weighted by Gasteiger charge is 2.35. The molecule has 0 unspecified atom stereocenters. The molecular weight excluding hydrogens is 374 g/mol. The van der Waals surface area contributed by atoms with Crippen LogP contribution in [0.15, 0.2) is 83.1 Å². The number of carbonyl (C=O) groups is 1. The van der Waals surface area contributed by atoms with E-state index in [9.17, 15) is 15.0 Å². The Labute approximate surface area is 176 Å². The number of carbonyl (C=O) groups excluding carboxylic acids is 1. The first kappa shape index (κ1) is 19.9. The van der Waals surface area contributed by atoms with Gasteiger partial charge in [-0.3, -0.25) is 4.79 Å². The van der Waals surface area contributed by atoms with Gasteiger partial charge in [0.05, 0.1) is 11.3 Å². The SMILES string of the molecule is CC1(C)CC(=O)C(C(Cc2cccc3ccccc23)=Nc2ccccc2O)=C(O)C1. The topological polar surface area (TPSA) is 69.9 Å².